The van der Waals surface area contributed by atoms with Crippen molar-refractivity contribution in [3.05, 3.63) is 41.6 Å². The van der Waals surface area contributed by atoms with Crippen molar-refractivity contribution in [3.8, 4) is 22.8 Å². The van der Waals surface area contributed by atoms with Crippen LogP contribution in [0.2, 0.25) is 0 Å². The number of ether oxygens (including phenoxy) is 2. The van der Waals surface area contributed by atoms with Crippen LogP contribution in [0.1, 0.15) is 47.7 Å². The van der Waals surface area contributed by atoms with Gasteiger partial charge in [0.1, 0.15) is 42.8 Å². The van der Waals surface area contributed by atoms with Crippen molar-refractivity contribution in [1.29, 1.82) is 0 Å². The van der Waals surface area contributed by atoms with Gasteiger partial charge in [0, 0.05) is 21.5 Å². The van der Waals surface area contributed by atoms with Crippen LogP contribution >= 0.6 is 45.3 Å². The summed E-state index contributed by atoms with van der Waals surface area (Å²) in [6.45, 7) is 9.88. The minimum atomic E-state index is -0.395. The van der Waals surface area contributed by atoms with E-state index in [0.29, 0.717) is 39.4 Å². The van der Waals surface area contributed by atoms with Gasteiger partial charge in [-0.1, -0.05) is 27.7 Å². The highest BCUT2D eigenvalue weighted by Gasteiger charge is 2.24. The SMILES string of the molecule is CC(C)COC(=O)N1Cc2nc(cs2)-c2csc(n2)CN(C(=O)OCC(C)C)Cc2nc(cs2)-c2csc(n2)C1. The van der Waals surface area contributed by atoms with Crippen molar-refractivity contribution in [2.24, 2.45) is 11.8 Å². The summed E-state index contributed by atoms with van der Waals surface area (Å²) >= 11 is 5.87. The molecule has 1 aliphatic rings. The summed E-state index contributed by atoms with van der Waals surface area (Å²) in [4.78, 5) is 48.4. The van der Waals surface area contributed by atoms with Gasteiger partial charge in [0.2, 0.25) is 0 Å². The zero-order valence-corrected chi connectivity index (χ0v) is 25.9. The molecule has 8 bridgehead atoms. The Balaban J connectivity index is 1.47. The van der Waals surface area contributed by atoms with E-state index in [9.17, 15) is 9.59 Å². The smallest absolute Gasteiger partial charge is 0.410 e. The summed E-state index contributed by atoms with van der Waals surface area (Å²) in [5, 5.41) is 10.8. The first-order valence-electron chi connectivity index (χ1n) is 12.8. The Hall–Kier alpha value is -2.94. The van der Waals surface area contributed by atoms with E-state index in [-0.39, 0.29) is 11.8 Å². The molecule has 14 heteroatoms. The number of hydrogen-bond acceptors (Lipinski definition) is 12. The molecule has 0 saturated heterocycles. The number of carbonyl (C=O) groups is 2. The lowest BCUT2D eigenvalue weighted by Crippen LogP contribution is -2.31. The molecule has 0 atom stereocenters. The van der Waals surface area contributed by atoms with Crippen molar-refractivity contribution in [2.75, 3.05) is 13.2 Å². The first-order valence-corrected chi connectivity index (χ1v) is 16.4. The molecule has 0 saturated carbocycles. The van der Waals surface area contributed by atoms with Crippen LogP contribution in [-0.2, 0) is 35.7 Å². The molecule has 0 aliphatic carbocycles. The van der Waals surface area contributed by atoms with E-state index in [1.54, 1.807) is 9.80 Å². The summed E-state index contributed by atoms with van der Waals surface area (Å²) in [5.74, 6) is 0.459. The standard InChI is InChI=1S/C26H30N6O4S4/c1-15(2)9-35-25(33)31-5-21-27-17(11-37-21)19-13-39-23(29-19)7-32(26(34)36-10-16(3)4)8-24-30-20(14-40-24)18-12-38-22(6-31)28-18/h11-16H,5-10H2,1-4H3. The molecule has 40 heavy (non-hydrogen) atoms. The number of fused-ring (bicyclic) bond motifs is 10. The van der Waals surface area contributed by atoms with Crippen LogP contribution in [0, 0.1) is 11.8 Å². The van der Waals surface area contributed by atoms with Gasteiger partial charge in [-0.3, -0.25) is 9.80 Å². The van der Waals surface area contributed by atoms with Crippen molar-refractivity contribution >= 4 is 57.5 Å². The molecular formula is C26H30N6O4S4. The maximum absolute atomic E-state index is 13.0. The van der Waals surface area contributed by atoms with Crippen molar-refractivity contribution in [2.45, 2.75) is 53.9 Å². The molecule has 5 rings (SSSR count). The van der Waals surface area contributed by atoms with Crippen LogP contribution in [0.15, 0.2) is 21.5 Å². The minimum absolute atomic E-state index is 0.230. The molecule has 4 aromatic heterocycles. The molecule has 5 heterocycles. The average Bonchev–Trinajstić information content (AvgIpc) is 3.72. The number of hydrogen-bond donors (Lipinski definition) is 0. The molecular weight excluding hydrogens is 589 g/mol. The molecule has 10 nitrogen and oxygen atoms in total. The first kappa shape index (κ1) is 28.6. The van der Waals surface area contributed by atoms with Crippen molar-refractivity contribution < 1.29 is 19.1 Å². The second-order valence-corrected chi connectivity index (χ2v) is 13.9. The highest BCUT2D eigenvalue weighted by molar-refractivity contribution is 7.11. The van der Waals surface area contributed by atoms with Gasteiger partial charge in [0.25, 0.3) is 0 Å². The zero-order valence-electron chi connectivity index (χ0n) is 22.7. The van der Waals surface area contributed by atoms with Crippen LogP contribution in [-0.4, -0.2) is 55.1 Å². The van der Waals surface area contributed by atoms with Gasteiger partial charge in [-0.05, 0) is 11.8 Å². The topological polar surface area (TPSA) is 111 Å². The number of carbonyl (C=O) groups excluding carboxylic acids is 2. The Labute approximate surface area is 248 Å². The van der Waals surface area contributed by atoms with Gasteiger partial charge in [-0.2, -0.15) is 0 Å². The summed E-state index contributed by atoms with van der Waals surface area (Å²) in [5.41, 5.74) is 2.92. The van der Waals surface area contributed by atoms with Gasteiger partial charge in [0.15, 0.2) is 0 Å². The molecule has 0 aromatic carbocycles. The fraction of sp³-hybridized carbons (Fsp3) is 0.462. The third-order valence-corrected chi connectivity index (χ3v) is 8.97. The van der Waals surface area contributed by atoms with Gasteiger partial charge in [0.05, 0.1) is 39.4 Å². The van der Waals surface area contributed by atoms with E-state index in [1.165, 1.54) is 45.3 Å². The van der Waals surface area contributed by atoms with E-state index >= 15 is 0 Å². The second-order valence-electron chi connectivity index (χ2n) is 10.2. The van der Waals surface area contributed by atoms with E-state index in [1.807, 2.05) is 49.2 Å². The number of aromatic nitrogens is 4. The number of amides is 2. The van der Waals surface area contributed by atoms with Gasteiger partial charge >= 0.3 is 12.2 Å². The Kier molecular flexibility index (Phi) is 9.08. The summed E-state index contributed by atoms with van der Waals surface area (Å²) in [6.07, 6.45) is -0.791. The van der Waals surface area contributed by atoms with E-state index < -0.39 is 12.2 Å². The van der Waals surface area contributed by atoms with Gasteiger partial charge < -0.3 is 9.47 Å². The van der Waals surface area contributed by atoms with Crippen LogP contribution in [0.25, 0.3) is 22.8 Å². The fourth-order valence-corrected chi connectivity index (χ4v) is 6.90. The number of thiazole rings is 4. The highest BCUT2D eigenvalue weighted by atomic mass is 32.1. The third kappa shape index (κ3) is 7.22. The Bertz CT molecular complexity index is 1270. The summed E-state index contributed by atoms with van der Waals surface area (Å²) in [7, 11) is 0. The predicted octanol–water partition coefficient (Wildman–Crippen LogP) is 6.75. The Morgan fingerprint density at radius 3 is 1.15 bits per heavy atom. The molecule has 1 aliphatic heterocycles. The second kappa shape index (κ2) is 12.7. The summed E-state index contributed by atoms with van der Waals surface area (Å²) < 4.78 is 11.1. The Morgan fingerprint density at radius 2 is 0.900 bits per heavy atom. The lowest BCUT2D eigenvalue weighted by atomic mass is 10.2. The maximum Gasteiger partial charge on any atom is 0.410 e. The van der Waals surface area contributed by atoms with E-state index in [4.69, 9.17) is 29.4 Å². The first-order chi connectivity index (χ1) is 19.2. The molecule has 0 fully saturated rings. The van der Waals surface area contributed by atoms with Crippen molar-refractivity contribution in [1.82, 2.24) is 29.7 Å². The highest BCUT2D eigenvalue weighted by Crippen LogP contribution is 2.29. The lowest BCUT2D eigenvalue weighted by molar-refractivity contribution is 0.0865. The summed E-state index contributed by atoms with van der Waals surface area (Å²) in [6, 6.07) is 0. The third-order valence-electron chi connectivity index (χ3n) is 5.63. The lowest BCUT2D eigenvalue weighted by Gasteiger charge is -2.21. The number of nitrogens with zero attached hydrogens (tertiary/aromatic N) is 6. The Morgan fingerprint density at radius 1 is 0.625 bits per heavy atom. The van der Waals surface area contributed by atoms with Crippen molar-refractivity contribution in [3.63, 3.8) is 0 Å². The normalized spacial score (nSPS) is 13.8. The molecule has 212 valence electrons. The van der Waals surface area contributed by atoms with E-state index in [2.05, 4.69) is 0 Å². The molecule has 2 amide bonds. The van der Waals surface area contributed by atoms with E-state index in [0.717, 1.165) is 42.8 Å². The van der Waals surface area contributed by atoms with Crippen LogP contribution in [0.5, 0.6) is 0 Å². The quantitative estimate of drug-likeness (QED) is 0.247. The fourth-order valence-electron chi connectivity index (χ4n) is 3.69. The van der Waals surface area contributed by atoms with Crippen LogP contribution in [0.4, 0.5) is 9.59 Å². The minimum Gasteiger partial charge on any atom is -0.449 e. The number of rotatable bonds is 4. The largest absolute Gasteiger partial charge is 0.449 e. The molecule has 0 radical (unpaired) electrons. The van der Waals surface area contributed by atoms with Crippen LogP contribution < -0.4 is 0 Å². The van der Waals surface area contributed by atoms with Gasteiger partial charge in [-0.15, -0.1) is 45.3 Å². The average molecular weight is 619 g/mol. The maximum atomic E-state index is 13.0. The zero-order chi connectivity index (χ0) is 28.2. The molecule has 0 N–H and O–H groups in total. The van der Waals surface area contributed by atoms with Gasteiger partial charge in [-0.25, -0.2) is 29.5 Å². The predicted molar refractivity (Wildman–Crippen MR) is 157 cm³/mol. The molecule has 0 spiro atoms. The molecule has 4 aromatic rings. The monoisotopic (exact) mass is 618 g/mol. The molecule has 0 unspecified atom stereocenters. The van der Waals surface area contributed by atoms with Crippen LogP contribution in [0.3, 0.4) is 0 Å².